The molecule has 3 rings (SSSR count). The summed E-state index contributed by atoms with van der Waals surface area (Å²) in [5, 5.41) is 0. The van der Waals surface area contributed by atoms with Gasteiger partial charge in [0.1, 0.15) is 0 Å². The summed E-state index contributed by atoms with van der Waals surface area (Å²) in [5.41, 5.74) is 0.270. The number of benzene rings is 2. The molecule has 0 atom stereocenters. The molecule has 0 aliphatic heterocycles. The van der Waals surface area contributed by atoms with Crippen LogP contribution in [0.4, 0.5) is 0 Å². The van der Waals surface area contributed by atoms with Gasteiger partial charge in [-0.15, -0.1) is 0 Å². The fourth-order valence-corrected chi connectivity index (χ4v) is 3.75. The third-order valence-electron chi connectivity index (χ3n) is 4.03. The molecule has 0 aliphatic carbocycles. The van der Waals surface area contributed by atoms with Crippen molar-refractivity contribution in [3.63, 3.8) is 0 Å². The van der Waals surface area contributed by atoms with E-state index < -0.39 is 21.1 Å². The number of rotatable bonds is 7. The van der Waals surface area contributed by atoms with Crippen LogP contribution in [0.5, 0.6) is 0 Å². The van der Waals surface area contributed by atoms with Crippen LogP contribution >= 0.6 is 0 Å². The van der Waals surface area contributed by atoms with Crippen LogP contribution in [0.3, 0.4) is 0 Å². The first kappa shape index (κ1) is 18.1. The quantitative estimate of drug-likeness (QED) is 0.430. The van der Waals surface area contributed by atoms with Gasteiger partial charge in [0.25, 0.3) is 0 Å². The third-order valence-corrected chi connectivity index (χ3v) is 5.49. The molecule has 26 heavy (non-hydrogen) atoms. The van der Waals surface area contributed by atoms with Crippen molar-refractivity contribution in [2.75, 3.05) is 6.54 Å². The number of aromatic amines is 2. The molecule has 2 aromatic carbocycles. The van der Waals surface area contributed by atoms with E-state index in [-0.39, 0.29) is 10.4 Å². The van der Waals surface area contributed by atoms with E-state index in [2.05, 4.69) is 14.7 Å². The van der Waals surface area contributed by atoms with Gasteiger partial charge in [-0.1, -0.05) is 30.3 Å². The molecule has 8 heteroatoms. The SMILES string of the molecule is O=c1[nH]c2ccc(S(=O)(=O)NCCCCc3ccccc3)cc2[nH]c1=O. The standard InChI is InChI=1S/C18H19N3O4S/c22-17-18(23)21-16-12-14(9-10-15(16)20-17)26(24,25)19-11-5-4-8-13-6-2-1-3-7-13/h1-3,6-7,9-10,12,19H,4-5,8,11H2,(H,20,22)(H,21,23). The summed E-state index contributed by atoms with van der Waals surface area (Å²) in [6, 6.07) is 14.2. The van der Waals surface area contributed by atoms with Gasteiger partial charge < -0.3 is 9.97 Å². The molecule has 0 amide bonds. The number of hydrogen-bond donors (Lipinski definition) is 3. The number of hydrogen-bond acceptors (Lipinski definition) is 4. The minimum absolute atomic E-state index is 0.0377. The Morgan fingerprint density at radius 1 is 0.846 bits per heavy atom. The Morgan fingerprint density at radius 2 is 1.54 bits per heavy atom. The number of unbranched alkanes of at least 4 members (excludes halogenated alkanes) is 1. The molecule has 0 bridgehead atoms. The van der Waals surface area contributed by atoms with Gasteiger partial charge in [0.05, 0.1) is 15.9 Å². The first-order chi connectivity index (χ1) is 12.5. The number of sulfonamides is 1. The fraction of sp³-hybridized carbons (Fsp3) is 0.222. The predicted molar refractivity (Wildman–Crippen MR) is 99.8 cm³/mol. The molecule has 0 saturated carbocycles. The zero-order valence-corrected chi connectivity index (χ0v) is 14.8. The Balaban J connectivity index is 1.62. The Hall–Kier alpha value is -2.71. The highest BCUT2D eigenvalue weighted by molar-refractivity contribution is 7.89. The van der Waals surface area contributed by atoms with Crippen LogP contribution in [0, 0.1) is 0 Å². The maximum atomic E-state index is 12.4. The molecule has 0 unspecified atom stereocenters. The predicted octanol–water partition coefficient (Wildman–Crippen LogP) is 1.52. The molecule has 1 aromatic heterocycles. The summed E-state index contributed by atoms with van der Waals surface area (Å²) in [6.45, 7) is 0.329. The Bertz CT molecular complexity index is 1120. The molecule has 0 spiro atoms. The van der Waals surface area contributed by atoms with Crippen LogP contribution < -0.4 is 15.8 Å². The zero-order chi connectivity index (χ0) is 18.6. The normalized spacial score (nSPS) is 11.7. The summed E-state index contributed by atoms with van der Waals surface area (Å²) in [7, 11) is -3.68. The van der Waals surface area contributed by atoms with Crippen LogP contribution in [0.2, 0.25) is 0 Å². The molecule has 0 radical (unpaired) electrons. The number of nitrogens with one attached hydrogen (secondary N) is 3. The van der Waals surface area contributed by atoms with Crippen molar-refractivity contribution in [2.45, 2.75) is 24.2 Å². The Labute approximate surface area is 150 Å². The van der Waals surface area contributed by atoms with E-state index in [1.807, 2.05) is 30.3 Å². The number of aryl methyl sites for hydroxylation is 1. The third kappa shape index (κ3) is 4.27. The summed E-state index contributed by atoms with van der Waals surface area (Å²) in [6.07, 6.45) is 2.48. The summed E-state index contributed by atoms with van der Waals surface area (Å²) < 4.78 is 27.3. The molecule has 3 aromatic rings. The average Bonchev–Trinajstić information content (AvgIpc) is 2.63. The molecule has 0 fully saturated rings. The van der Waals surface area contributed by atoms with Crippen LogP contribution in [0.25, 0.3) is 11.0 Å². The summed E-state index contributed by atoms with van der Waals surface area (Å²) >= 11 is 0. The van der Waals surface area contributed by atoms with E-state index in [1.165, 1.54) is 23.8 Å². The largest absolute Gasteiger partial charge is 0.316 e. The molecule has 3 N–H and O–H groups in total. The lowest BCUT2D eigenvalue weighted by Crippen LogP contribution is -2.29. The van der Waals surface area contributed by atoms with Gasteiger partial charge in [-0.3, -0.25) is 9.59 Å². The fourth-order valence-electron chi connectivity index (χ4n) is 2.65. The van der Waals surface area contributed by atoms with Crippen molar-refractivity contribution in [3.8, 4) is 0 Å². The van der Waals surface area contributed by atoms with Crippen molar-refractivity contribution < 1.29 is 8.42 Å². The summed E-state index contributed by atoms with van der Waals surface area (Å²) in [4.78, 5) is 27.5. The Kier molecular flexibility index (Phi) is 5.34. The van der Waals surface area contributed by atoms with E-state index in [1.54, 1.807) is 0 Å². The number of H-pyrrole nitrogens is 2. The van der Waals surface area contributed by atoms with Gasteiger partial charge in [0.2, 0.25) is 10.0 Å². The van der Waals surface area contributed by atoms with Crippen molar-refractivity contribution in [3.05, 3.63) is 74.8 Å². The molecular formula is C18H19N3O4S. The van der Waals surface area contributed by atoms with Crippen molar-refractivity contribution >= 4 is 21.1 Å². The van der Waals surface area contributed by atoms with Gasteiger partial charge >= 0.3 is 11.1 Å². The van der Waals surface area contributed by atoms with E-state index in [9.17, 15) is 18.0 Å². The van der Waals surface area contributed by atoms with Crippen molar-refractivity contribution in [1.29, 1.82) is 0 Å². The minimum atomic E-state index is -3.68. The first-order valence-corrected chi connectivity index (χ1v) is 9.74. The van der Waals surface area contributed by atoms with E-state index in [0.717, 1.165) is 12.8 Å². The summed E-state index contributed by atoms with van der Waals surface area (Å²) in [5.74, 6) is 0. The number of aromatic nitrogens is 2. The highest BCUT2D eigenvalue weighted by Crippen LogP contribution is 2.14. The van der Waals surface area contributed by atoms with Crippen molar-refractivity contribution in [2.24, 2.45) is 0 Å². The topological polar surface area (TPSA) is 112 Å². The number of fused-ring (bicyclic) bond motifs is 1. The van der Waals surface area contributed by atoms with Gasteiger partial charge in [-0.25, -0.2) is 13.1 Å². The van der Waals surface area contributed by atoms with Crippen LogP contribution in [0.1, 0.15) is 18.4 Å². The lowest BCUT2D eigenvalue weighted by Gasteiger charge is -2.08. The van der Waals surface area contributed by atoms with Gasteiger partial charge in [-0.05, 0) is 43.0 Å². The smallest absolute Gasteiger partial charge is 0.314 e. The maximum absolute atomic E-state index is 12.4. The van der Waals surface area contributed by atoms with Crippen LogP contribution in [-0.2, 0) is 16.4 Å². The molecular weight excluding hydrogens is 354 g/mol. The van der Waals surface area contributed by atoms with Gasteiger partial charge in [0, 0.05) is 6.54 Å². The molecule has 1 heterocycles. The van der Waals surface area contributed by atoms with Crippen LogP contribution in [-0.4, -0.2) is 24.9 Å². The lowest BCUT2D eigenvalue weighted by atomic mass is 10.1. The minimum Gasteiger partial charge on any atom is -0.316 e. The van der Waals surface area contributed by atoms with Crippen molar-refractivity contribution in [1.82, 2.24) is 14.7 Å². The first-order valence-electron chi connectivity index (χ1n) is 8.26. The zero-order valence-electron chi connectivity index (χ0n) is 14.0. The highest BCUT2D eigenvalue weighted by atomic mass is 32.2. The molecule has 0 aliphatic rings. The maximum Gasteiger partial charge on any atom is 0.314 e. The molecule has 0 saturated heterocycles. The second-order valence-corrected chi connectivity index (χ2v) is 7.72. The van der Waals surface area contributed by atoms with E-state index in [4.69, 9.17) is 0 Å². The van der Waals surface area contributed by atoms with Gasteiger partial charge in [-0.2, -0.15) is 0 Å². The Morgan fingerprint density at radius 3 is 2.27 bits per heavy atom. The molecule has 7 nitrogen and oxygen atoms in total. The van der Waals surface area contributed by atoms with Crippen LogP contribution in [0.15, 0.2) is 63.0 Å². The van der Waals surface area contributed by atoms with Gasteiger partial charge in [0.15, 0.2) is 0 Å². The lowest BCUT2D eigenvalue weighted by molar-refractivity contribution is 0.577. The second-order valence-electron chi connectivity index (χ2n) is 5.96. The highest BCUT2D eigenvalue weighted by Gasteiger charge is 2.14. The van der Waals surface area contributed by atoms with E-state index >= 15 is 0 Å². The average molecular weight is 373 g/mol. The monoisotopic (exact) mass is 373 g/mol. The van der Waals surface area contributed by atoms with E-state index in [0.29, 0.717) is 18.5 Å². The molecule has 136 valence electrons. The second kappa shape index (κ2) is 7.67.